The first-order valence-corrected chi connectivity index (χ1v) is 8.98. The molecule has 2 aromatic rings. The molecule has 0 heterocycles. The van der Waals surface area contributed by atoms with Gasteiger partial charge in [0, 0.05) is 16.7 Å². The fourth-order valence-corrected chi connectivity index (χ4v) is 2.98. The number of allylic oxidation sites excluding steroid dienone is 1. The minimum atomic E-state index is -0.0861. The number of hydrogen-bond donors (Lipinski definition) is 1. The number of ketones is 1. The second-order valence-electron chi connectivity index (χ2n) is 6.13. The minimum Gasteiger partial charge on any atom is -0.495 e. The molecular formula is C22H27NO5. The highest BCUT2D eigenvalue weighted by molar-refractivity contribution is 6.11. The first-order valence-electron chi connectivity index (χ1n) is 8.98. The Labute approximate surface area is 165 Å². The first kappa shape index (κ1) is 21.2. The van der Waals surface area contributed by atoms with Crippen molar-refractivity contribution in [2.45, 2.75) is 19.8 Å². The molecule has 150 valence electrons. The zero-order valence-electron chi connectivity index (χ0n) is 17.0. The molecule has 0 saturated carbocycles. The molecule has 0 bridgehead atoms. The smallest absolute Gasteiger partial charge is 0.203 e. The third-order valence-electron chi connectivity index (χ3n) is 4.37. The number of nitrogens with two attached hydrogens (primary N) is 1. The molecule has 0 unspecified atom stereocenters. The van der Waals surface area contributed by atoms with E-state index in [-0.39, 0.29) is 5.78 Å². The molecule has 0 saturated heterocycles. The number of anilines is 1. The van der Waals surface area contributed by atoms with Gasteiger partial charge < -0.3 is 24.7 Å². The molecule has 2 N–H and O–H groups in total. The van der Waals surface area contributed by atoms with Crippen LogP contribution in [0.4, 0.5) is 5.69 Å². The van der Waals surface area contributed by atoms with Gasteiger partial charge in [0.25, 0.3) is 0 Å². The lowest BCUT2D eigenvalue weighted by Gasteiger charge is -2.15. The van der Waals surface area contributed by atoms with Crippen molar-refractivity contribution in [2.24, 2.45) is 0 Å². The second kappa shape index (κ2) is 9.69. The van der Waals surface area contributed by atoms with Crippen LogP contribution in [0.25, 0.3) is 6.08 Å². The average molecular weight is 385 g/mol. The van der Waals surface area contributed by atoms with Gasteiger partial charge in [-0.25, -0.2) is 0 Å². The Hall–Kier alpha value is -3.15. The lowest BCUT2D eigenvalue weighted by molar-refractivity contribution is 0.103. The van der Waals surface area contributed by atoms with Crippen molar-refractivity contribution in [3.8, 4) is 23.0 Å². The Morgan fingerprint density at radius 1 is 0.929 bits per heavy atom. The number of carbonyl (C=O) groups excluding carboxylic acids is 1. The monoisotopic (exact) mass is 385 g/mol. The van der Waals surface area contributed by atoms with E-state index in [1.807, 2.05) is 19.1 Å². The summed E-state index contributed by atoms with van der Waals surface area (Å²) in [5.74, 6) is 1.94. The van der Waals surface area contributed by atoms with Gasteiger partial charge in [-0.3, -0.25) is 4.79 Å². The molecule has 0 fully saturated rings. The van der Waals surface area contributed by atoms with E-state index in [4.69, 9.17) is 24.7 Å². The molecule has 0 aliphatic rings. The van der Waals surface area contributed by atoms with Crippen molar-refractivity contribution in [3.63, 3.8) is 0 Å². The van der Waals surface area contributed by atoms with Crippen LogP contribution in [0.5, 0.6) is 23.0 Å². The van der Waals surface area contributed by atoms with Crippen LogP contribution in [0.1, 0.15) is 35.7 Å². The van der Waals surface area contributed by atoms with Crippen LogP contribution in [0.2, 0.25) is 0 Å². The van der Waals surface area contributed by atoms with Gasteiger partial charge in [0.2, 0.25) is 5.75 Å². The summed E-state index contributed by atoms with van der Waals surface area (Å²) in [5, 5.41) is 0. The minimum absolute atomic E-state index is 0.0861. The number of benzene rings is 2. The zero-order valence-corrected chi connectivity index (χ0v) is 17.0. The van der Waals surface area contributed by atoms with Crippen molar-refractivity contribution in [2.75, 3.05) is 34.2 Å². The maximum absolute atomic E-state index is 13.1. The molecule has 6 heteroatoms. The number of Topliss-reactive ketones (excluding diaryl/α,β-unsaturated/α-hetero) is 1. The van der Waals surface area contributed by atoms with Crippen molar-refractivity contribution in [1.82, 2.24) is 0 Å². The molecule has 0 aromatic heterocycles. The van der Waals surface area contributed by atoms with Gasteiger partial charge >= 0.3 is 0 Å². The van der Waals surface area contributed by atoms with Crippen LogP contribution >= 0.6 is 0 Å². The van der Waals surface area contributed by atoms with Crippen molar-refractivity contribution in [3.05, 3.63) is 47.0 Å². The third kappa shape index (κ3) is 4.39. The summed E-state index contributed by atoms with van der Waals surface area (Å²) in [5.41, 5.74) is 8.26. The van der Waals surface area contributed by atoms with Gasteiger partial charge in [-0.2, -0.15) is 0 Å². The van der Waals surface area contributed by atoms with Crippen LogP contribution in [0, 0.1) is 0 Å². The molecule has 2 aromatic carbocycles. The van der Waals surface area contributed by atoms with Gasteiger partial charge in [0.15, 0.2) is 17.3 Å². The molecular weight excluding hydrogens is 358 g/mol. The molecule has 0 radical (unpaired) electrons. The van der Waals surface area contributed by atoms with Gasteiger partial charge in [0.1, 0.15) is 5.75 Å². The quantitative estimate of drug-likeness (QED) is 0.392. The van der Waals surface area contributed by atoms with E-state index in [1.54, 1.807) is 45.6 Å². The SMILES string of the molecule is CCC/C(=C\c1ccc(OC)c(OC)c1OC)C(=O)c1ccc(N)c(OC)c1. The number of nitrogen functional groups attached to an aromatic ring is 1. The summed E-state index contributed by atoms with van der Waals surface area (Å²) < 4.78 is 21.5. The molecule has 0 spiro atoms. The number of ether oxygens (including phenoxy) is 4. The lowest BCUT2D eigenvalue weighted by Crippen LogP contribution is -2.05. The predicted octanol–water partition coefficient (Wildman–Crippen LogP) is 4.37. The van der Waals surface area contributed by atoms with Crippen molar-refractivity contribution in [1.29, 1.82) is 0 Å². The molecule has 6 nitrogen and oxygen atoms in total. The van der Waals surface area contributed by atoms with Crippen LogP contribution in [-0.2, 0) is 0 Å². The Morgan fingerprint density at radius 3 is 2.18 bits per heavy atom. The van der Waals surface area contributed by atoms with E-state index in [1.165, 1.54) is 7.11 Å². The van der Waals surface area contributed by atoms with E-state index in [2.05, 4.69) is 0 Å². The molecule has 0 atom stereocenters. The topological polar surface area (TPSA) is 80.0 Å². The number of rotatable bonds is 9. The normalized spacial score (nSPS) is 11.1. The van der Waals surface area contributed by atoms with Crippen LogP contribution < -0.4 is 24.7 Å². The van der Waals surface area contributed by atoms with Crippen LogP contribution in [0.15, 0.2) is 35.9 Å². The van der Waals surface area contributed by atoms with Crippen molar-refractivity contribution >= 4 is 17.5 Å². The lowest BCUT2D eigenvalue weighted by atomic mass is 9.96. The summed E-state index contributed by atoms with van der Waals surface area (Å²) in [4.78, 5) is 13.1. The Morgan fingerprint density at radius 2 is 1.61 bits per heavy atom. The first-order chi connectivity index (χ1) is 13.5. The maximum atomic E-state index is 13.1. The predicted molar refractivity (Wildman–Crippen MR) is 111 cm³/mol. The molecule has 0 amide bonds. The summed E-state index contributed by atoms with van der Waals surface area (Å²) in [6.07, 6.45) is 3.26. The van der Waals surface area contributed by atoms with Gasteiger partial charge in [-0.05, 0) is 42.8 Å². The van der Waals surface area contributed by atoms with Gasteiger partial charge in [-0.1, -0.05) is 13.3 Å². The molecule has 0 aliphatic carbocycles. The van der Waals surface area contributed by atoms with E-state index < -0.39 is 0 Å². The van der Waals surface area contributed by atoms with Crippen LogP contribution in [-0.4, -0.2) is 34.2 Å². The number of carbonyl (C=O) groups is 1. The summed E-state index contributed by atoms with van der Waals surface area (Å²) in [6, 6.07) is 8.66. The fourth-order valence-electron chi connectivity index (χ4n) is 2.98. The third-order valence-corrected chi connectivity index (χ3v) is 4.37. The van der Waals surface area contributed by atoms with Crippen molar-refractivity contribution < 1.29 is 23.7 Å². The average Bonchev–Trinajstić information content (AvgIpc) is 2.72. The largest absolute Gasteiger partial charge is 0.495 e. The van der Waals surface area contributed by atoms with Gasteiger partial charge in [0.05, 0.1) is 34.1 Å². The summed E-state index contributed by atoms with van der Waals surface area (Å²) >= 11 is 0. The number of methoxy groups -OCH3 is 4. The Kier molecular flexibility index (Phi) is 7.32. The van der Waals surface area contributed by atoms with E-state index in [0.29, 0.717) is 46.2 Å². The van der Waals surface area contributed by atoms with Gasteiger partial charge in [-0.15, -0.1) is 0 Å². The molecule has 0 aliphatic heterocycles. The van der Waals surface area contributed by atoms with E-state index in [9.17, 15) is 4.79 Å². The van der Waals surface area contributed by atoms with E-state index >= 15 is 0 Å². The van der Waals surface area contributed by atoms with E-state index in [0.717, 1.165) is 12.0 Å². The highest BCUT2D eigenvalue weighted by Gasteiger charge is 2.18. The Bertz CT molecular complexity index is 873. The zero-order chi connectivity index (χ0) is 20.7. The maximum Gasteiger partial charge on any atom is 0.203 e. The highest BCUT2D eigenvalue weighted by atomic mass is 16.5. The standard InChI is InChI=1S/C22H27NO5/c1-6-7-14(20(24)15-8-10-17(23)19(13-15)26-3)12-16-9-11-18(25-2)22(28-5)21(16)27-4/h8-13H,6-7,23H2,1-5H3/b14-12+. The fraction of sp³-hybridized carbons (Fsp3) is 0.318. The van der Waals surface area contributed by atoms with Crippen LogP contribution in [0.3, 0.4) is 0 Å². The Balaban J connectivity index is 2.54. The highest BCUT2D eigenvalue weighted by Crippen LogP contribution is 2.41. The summed E-state index contributed by atoms with van der Waals surface area (Å²) in [7, 11) is 6.19. The molecule has 28 heavy (non-hydrogen) atoms. The molecule has 2 rings (SSSR count). The summed E-state index contributed by atoms with van der Waals surface area (Å²) in [6.45, 7) is 2.02. The number of hydrogen-bond acceptors (Lipinski definition) is 6. The second-order valence-corrected chi connectivity index (χ2v) is 6.13.